The van der Waals surface area contributed by atoms with Crippen molar-refractivity contribution in [2.24, 2.45) is 0 Å². The van der Waals surface area contributed by atoms with Crippen molar-refractivity contribution in [3.05, 3.63) is 70.3 Å². The highest BCUT2D eigenvalue weighted by atomic mass is 35.5. The summed E-state index contributed by atoms with van der Waals surface area (Å²) in [4.78, 5) is 18.2. The molecule has 27 heavy (non-hydrogen) atoms. The van der Waals surface area contributed by atoms with E-state index in [-0.39, 0.29) is 5.91 Å². The highest BCUT2D eigenvalue weighted by molar-refractivity contribution is 7.16. The number of thiazole rings is 1. The molecule has 0 spiro atoms. The average Bonchev–Trinajstić information content (AvgIpc) is 3.33. The maximum absolute atomic E-state index is 12.6. The third-order valence-corrected chi connectivity index (χ3v) is 4.99. The number of nitrogens with zero attached hydrogens (tertiary/aromatic N) is 5. The summed E-state index contributed by atoms with van der Waals surface area (Å²) in [6.45, 7) is 1.97. The van der Waals surface area contributed by atoms with Crippen molar-refractivity contribution in [1.29, 1.82) is 0 Å². The number of hydrogen-bond acceptors (Lipinski definition) is 6. The van der Waals surface area contributed by atoms with Crippen LogP contribution >= 0.6 is 22.9 Å². The lowest BCUT2D eigenvalue weighted by Gasteiger charge is -2.04. The maximum Gasteiger partial charge on any atom is 0.257 e. The molecule has 4 aromatic rings. The molecular formula is C18H13ClN6OS. The van der Waals surface area contributed by atoms with Gasteiger partial charge in [-0.15, -0.1) is 16.4 Å². The molecule has 2 heterocycles. The second-order valence-electron chi connectivity index (χ2n) is 5.69. The molecule has 1 N–H and O–H groups in total. The molecule has 0 saturated heterocycles. The Balaban J connectivity index is 1.56. The Hall–Kier alpha value is -3.10. The zero-order valence-electron chi connectivity index (χ0n) is 14.1. The number of nitrogens with one attached hydrogen (secondary N) is 1. The number of benzene rings is 2. The first-order chi connectivity index (χ1) is 13.1. The van der Waals surface area contributed by atoms with E-state index in [1.165, 1.54) is 22.3 Å². The fraction of sp³-hybridized carbons (Fsp3) is 0.0556. The molecule has 9 heteroatoms. The molecular weight excluding hydrogens is 384 g/mol. The van der Waals surface area contributed by atoms with Crippen LogP contribution in [0.1, 0.15) is 15.2 Å². The van der Waals surface area contributed by atoms with Crippen LogP contribution in [0.25, 0.3) is 16.9 Å². The Kier molecular flexibility index (Phi) is 4.66. The van der Waals surface area contributed by atoms with Crippen molar-refractivity contribution in [3.8, 4) is 16.9 Å². The molecule has 0 unspecified atom stereocenters. The lowest BCUT2D eigenvalue weighted by molar-refractivity contribution is 0.102. The predicted octanol–water partition coefficient (Wildman–Crippen LogP) is 4.00. The third-order valence-electron chi connectivity index (χ3n) is 3.86. The minimum absolute atomic E-state index is 0.249. The Labute approximate surface area is 163 Å². The fourth-order valence-corrected chi connectivity index (χ4v) is 3.52. The summed E-state index contributed by atoms with van der Waals surface area (Å²) in [5, 5.41) is 15.1. The number of hydrogen-bond donors (Lipinski definition) is 1. The molecule has 0 aliphatic rings. The number of anilines is 1. The number of aryl methyl sites for hydroxylation is 1. The minimum atomic E-state index is -0.249. The van der Waals surface area contributed by atoms with Crippen LogP contribution in [-0.2, 0) is 0 Å². The largest absolute Gasteiger partial charge is 0.298 e. The van der Waals surface area contributed by atoms with Gasteiger partial charge < -0.3 is 0 Å². The zero-order chi connectivity index (χ0) is 18.8. The molecule has 0 fully saturated rings. The van der Waals surface area contributed by atoms with Crippen LogP contribution in [0.5, 0.6) is 0 Å². The first kappa shape index (κ1) is 17.3. The summed E-state index contributed by atoms with van der Waals surface area (Å²) in [7, 11) is 0. The third kappa shape index (κ3) is 3.71. The van der Waals surface area contributed by atoms with Crippen LogP contribution in [0.4, 0.5) is 5.13 Å². The average molecular weight is 397 g/mol. The van der Waals surface area contributed by atoms with Crippen molar-refractivity contribution in [2.75, 3.05) is 5.32 Å². The topological polar surface area (TPSA) is 85.6 Å². The number of amides is 1. The lowest BCUT2D eigenvalue weighted by Crippen LogP contribution is -2.12. The fourth-order valence-electron chi connectivity index (χ4n) is 2.56. The van der Waals surface area contributed by atoms with E-state index in [9.17, 15) is 4.79 Å². The van der Waals surface area contributed by atoms with Gasteiger partial charge in [-0.05, 0) is 47.7 Å². The highest BCUT2D eigenvalue weighted by Crippen LogP contribution is 2.31. The van der Waals surface area contributed by atoms with E-state index in [2.05, 4.69) is 25.8 Å². The Morgan fingerprint density at radius 2 is 2.00 bits per heavy atom. The van der Waals surface area contributed by atoms with Crippen LogP contribution in [0.15, 0.2) is 54.9 Å². The molecule has 1 amide bonds. The first-order valence-electron chi connectivity index (χ1n) is 7.98. The van der Waals surface area contributed by atoms with Crippen LogP contribution in [0.2, 0.25) is 5.02 Å². The van der Waals surface area contributed by atoms with E-state index >= 15 is 0 Å². The van der Waals surface area contributed by atoms with Gasteiger partial charge in [0.05, 0.1) is 11.4 Å². The van der Waals surface area contributed by atoms with E-state index in [0.29, 0.717) is 21.4 Å². The number of halogens is 1. The van der Waals surface area contributed by atoms with Gasteiger partial charge in [-0.1, -0.05) is 29.8 Å². The smallest absolute Gasteiger partial charge is 0.257 e. The van der Waals surface area contributed by atoms with Crippen molar-refractivity contribution >= 4 is 34.0 Å². The summed E-state index contributed by atoms with van der Waals surface area (Å²) in [6, 6.07) is 14.5. The summed E-state index contributed by atoms with van der Waals surface area (Å²) in [6.07, 6.45) is 1.47. The van der Waals surface area contributed by atoms with Gasteiger partial charge in [-0.25, -0.2) is 9.67 Å². The Morgan fingerprint density at radius 3 is 2.74 bits per heavy atom. The number of tetrazole rings is 1. The van der Waals surface area contributed by atoms with E-state index in [4.69, 9.17) is 11.6 Å². The van der Waals surface area contributed by atoms with E-state index in [0.717, 1.165) is 16.1 Å². The van der Waals surface area contributed by atoms with E-state index in [1.54, 1.807) is 18.2 Å². The summed E-state index contributed by atoms with van der Waals surface area (Å²) in [5.41, 5.74) is 2.97. The van der Waals surface area contributed by atoms with Crippen molar-refractivity contribution < 1.29 is 4.79 Å². The predicted molar refractivity (Wildman–Crippen MR) is 104 cm³/mol. The van der Waals surface area contributed by atoms with Gasteiger partial charge in [0.2, 0.25) is 0 Å². The van der Waals surface area contributed by atoms with E-state index < -0.39 is 0 Å². The van der Waals surface area contributed by atoms with Crippen LogP contribution in [-0.4, -0.2) is 31.1 Å². The molecule has 2 aromatic carbocycles. The molecule has 2 aromatic heterocycles. The van der Waals surface area contributed by atoms with Gasteiger partial charge >= 0.3 is 0 Å². The van der Waals surface area contributed by atoms with Crippen molar-refractivity contribution in [2.45, 2.75) is 6.92 Å². The number of carbonyl (C=O) groups excluding carboxylic acids is 1. The maximum atomic E-state index is 12.6. The molecule has 7 nitrogen and oxygen atoms in total. The van der Waals surface area contributed by atoms with Gasteiger partial charge in [0, 0.05) is 21.0 Å². The molecule has 0 aliphatic heterocycles. The Morgan fingerprint density at radius 1 is 1.19 bits per heavy atom. The van der Waals surface area contributed by atoms with Crippen LogP contribution < -0.4 is 5.32 Å². The molecule has 0 radical (unpaired) electrons. The van der Waals surface area contributed by atoms with Crippen LogP contribution in [0, 0.1) is 6.92 Å². The molecule has 0 bridgehead atoms. The minimum Gasteiger partial charge on any atom is -0.298 e. The molecule has 0 aliphatic carbocycles. The number of rotatable bonds is 4. The molecule has 134 valence electrons. The normalized spacial score (nSPS) is 10.7. The molecule has 0 atom stereocenters. The van der Waals surface area contributed by atoms with Gasteiger partial charge in [0.1, 0.15) is 6.33 Å². The van der Waals surface area contributed by atoms with E-state index in [1.807, 2.05) is 37.3 Å². The number of carbonyl (C=O) groups is 1. The summed E-state index contributed by atoms with van der Waals surface area (Å²) < 4.78 is 1.49. The first-order valence-corrected chi connectivity index (χ1v) is 9.18. The van der Waals surface area contributed by atoms with Gasteiger partial charge in [0.25, 0.3) is 5.91 Å². The lowest BCUT2D eigenvalue weighted by atomic mass is 10.1. The zero-order valence-corrected chi connectivity index (χ0v) is 15.7. The highest BCUT2D eigenvalue weighted by Gasteiger charge is 2.14. The van der Waals surface area contributed by atoms with Gasteiger partial charge in [-0.3, -0.25) is 10.1 Å². The monoisotopic (exact) mass is 396 g/mol. The quantitative estimate of drug-likeness (QED) is 0.563. The molecule has 4 rings (SSSR count). The summed E-state index contributed by atoms with van der Waals surface area (Å²) in [5.74, 6) is -0.249. The second-order valence-corrected chi connectivity index (χ2v) is 7.33. The Bertz CT molecular complexity index is 1090. The standard InChI is InChI=1S/C18H13ClN6OS/c1-11-16(12-5-7-14(19)8-6-12)21-18(27-11)22-17(26)13-3-2-4-15(9-13)25-10-20-23-24-25/h2-10H,1H3,(H,21,22,26). The van der Waals surface area contributed by atoms with Crippen molar-refractivity contribution in [3.63, 3.8) is 0 Å². The van der Waals surface area contributed by atoms with Crippen LogP contribution in [0.3, 0.4) is 0 Å². The van der Waals surface area contributed by atoms with Gasteiger partial charge in [-0.2, -0.15) is 0 Å². The van der Waals surface area contributed by atoms with Gasteiger partial charge in [0.15, 0.2) is 5.13 Å². The molecule has 0 saturated carbocycles. The summed E-state index contributed by atoms with van der Waals surface area (Å²) >= 11 is 7.37. The van der Waals surface area contributed by atoms with Crippen molar-refractivity contribution in [1.82, 2.24) is 25.2 Å². The SMILES string of the molecule is Cc1sc(NC(=O)c2cccc(-n3cnnn3)c2)nc1-c1ccc(Cl)cc1. The second kappa shape index (κ2) is 7.26. The number of aromatic nitrogens is 5.